The minimum atomic E-state index is -0.664. The molecule has 0 aromatic heterocycles. The third kappa shape index (κ3) is 2.06. The lowest BCUT2D eigenvalue weighted by Gasteiger charge is -2.05. The molecule has 2 rings (SSSR count). The topological polar surface area (TPSA) is 80.4 Å². The van der Waals surface area contributed by atoms with Crippen molar-refractivity contribution in [2.75, 3.05) is 0 Å². The molecule has 90 valence electrons. The Labute approximate surface area is 102 Å². The SMILES string of the molecule is O=Cc1ccccc1-c1ccc(O)c([N+](=O)[O-])c1. The summed E-state index contributed by atoms with van der Waals surface area (Å²) in [5, 5.41) is 20.1. The van der Waals surface area contributed by atoms with Crippen molar-refractivity contribution in [3.8, 4) is 16.9 Å². The fourth-order valence-electron chi connectivity index (χ4n) is 1.70. The van der Waals surface area contributed by atoms with E-state index in [1.165, 1.54) is 18.2 Å². The molecular formula is C13H9NO4. The molecule has 5 heteroatoms. The maximum Gasteiger partial charge on any atom is 0.311 e. The van der Waals surface area contributed by atoms with E-state index in [-0.39, 0.29) is 5.69 Å². The third-order valence-electron chi connectivity index (χ3n) is 2.57. The summed E-state index contributed by atoms with van der Waals surface area (Å²) in [4.78, 5) is 21.0. The Morgan fingerprint density at radius 2 is 1.89 bits per heavy atom. The number of nitro benzene ring substituents is 1. The van der Waals surface area contributed by atoms with E-state index in [2.05, 4.69) is 0 Å². The number of phenolic OH excluding ortho intramolecular Hbond substituents is 1. The number of aromatic hydroxyl groups is 1. The van der Waals surface area contributed by atoms with Gasteiger partial charge in [0.25, 0.3) is 0 Å². The summed E-state index contributed by atoms with van der Waals surface area (Å²) < 4.78 is 0. The Kier molecular flexibility index (Phi) is 3.05. The van der Waals surface area contributed by atoms with Crippen LogP contribution < -0.4 is 0 Å². The average Bonchev–Trinajstić information content (AvgIpc) is 2.39. The molecule has 0 aliphatic rings. The molecule has 0 fully saturated rings. The number of nitrogens with zero attached hydrogens (tertiary/aromatic N) is 1. The third-order valence-corrected chi connectivity index (χ3v) is 2.57. The quantitative estimate of drug-likeness (QED) is 0.510. The standard InChI is InChI=1S/C13H9NO4/c15-8-10-3-1-2-4-11(10)9-5-6-13(16)12(7-9)14(17)18/h1-8,16H. The van der Waals surface area contributed by atoms with Crippen LogP contribution in [0.1, 0.15) is 10.4 Å². The number of aldehydes is 1. The van der Waals surface area contributed by atoms with Gasteiger partial charge in [0.05, 0.1) is 4.92 Å². The summed E-state index contributed by atoms with van der Waals surface area (Å²) in [5.41, 5.74) is 1.17. The van der Waals surface area contributed by atoms with Crippen molar-refractivity contribution >= 4 is 12.0 Å². The second-order valence-electron chi connectivity index (χ2n) is 3.67. The molecule has 0 aliphatic heterocycles. The van der Waals surface area contributed by atoms with Gasteiger partial charge < -0.3 is 5.11 Å². The molecule has 0 bridgehead atoms. The Hall–Kier alpha value is -2.69. The lowest BCUT2D eigenvalue weighted by Crippen LogP contribution is -1.91. The van der Waals surface area contributed by atoms with Gasteiger partial charge in [0, 0.05) is 11.6 Å². The highest BCUT2D eigenvalue weighted by molar-refractivity contribution is 5.88. The van der Waals surface area contributed by atoms with Crippen molar-refractivity contribution in [3.05, 3.63) is 58.1 Å². The Bertz CT molecular complexity index is 622. The predicted octanol–water partition coefficient (Wildman–Crippen LogP) is 2.78. The van der Waals surface area contributed by atoms with Crippen molar-refractivity contribution in [1.82, 2.24) is 0 Å². The van der Waals surface area contributed by atoms with Gasteiger partial charge in [0.1, 0.15) is 0 Å². The molecule has 0 saturated heterocycles. The molecule has 0 aliphatic carbocycles. The van der Waals surface area contributed by atoms with Crippen LogP contribution in [0, 0.1) is 10.1 Å². The Balaban J connectivity index is 2.61. The van der Waals surface area contributed by atoms with E-state index < -0.39 is 10.7 Å². The van der Waals surface area contributed by atoms with E-state index in [1.54, 1.807) is 24.3 Å². The van der Waals surface area contributed by atoms with Crippen LogP contribution in [0.4, 0.5) is 5.69 Å². The van der Waals surface area contributed by atoms with Gasteiger partial charge >= 0.3 is 5.69 Å². The van der Waals surface area contributed by atoms with Crippen LogP contribution in [0.5, 0.6) is 5.75 Å². The number of benzene rings is 2. The van der Waals surface area contributed by atoms with E-state index in [4.69, 9.17) is 0 Å². The molecule has 18 heavy (non-hydrogen) atoms. The monoisotopic (exact) mass is 243 g/mol. The molecule has 0 heterocycles. The molecule has 0 amide bonds. The highest BCUT2D eigenvalue weighted by Crippen LogP contribution is 2.32. The summed E-state index contributed by atoms with van der Waals surface area (Å²) in [6.07, 6.45) is 0.689. The lowest BCUT2D eigenvalue weighted by atomic mass is 10.00. The first-order chi connectivity index (χ1) is 8.63. The van der Waals surface area contributed by atoms with Gasteiger partial charge in [0.2, 0.25) is 0 Å². The summed E-state index contributed by atoms with van der Waals surface area (Å²) in [6, 6.07) is 10.8. The van der Waals surface area contributed by atoms with Crippen molar-refractivity contribution in [1.29, 1.82) is 0 Å². The fourth-order valence-corrected chi connectivity index (χ4v) is 1.70. The number of nitro groups is 1. The number of phenols is 1. The fraction of sp³-hybridized carbons (Fsp3) is 0. The maximum atomic E-state index is 10.9. The van der Waals surface area contributed by atoms with Gasteiger partial charge in [0.15, 0.2) is 12.0 Å². The highest BCUT2D eigenvalue weighted by atomic mass is 16.6. The number of rotatable bonds is 3. The molecule has 2 aromatic carbocycles. The summed E-state index contributed by atoms with van der Waals surface area (Å²) in [5.74, 6) is -0.396. The van der Waals surface area contributed by atoms with Crippen molar-refractivity contribution < 1.29 is 14.8 Å². The van der Waals surface area contributed by atoms with E-state index in [1.807, 2.05) is 0 Å². The Morgan fingerprint density at radius 3 is 2.56 bits per heavy atom. The number of carbonyl (C=O) groups is 1. The van der Waals surface area contributed by atoms with Crippen molar-refractivity contribution in [3.63, 3.8) is 0 Å². The van der Waals surface area contributed by atoms with E-state index in [9.17, 15) is 20.0 Å². The number of carbonyl (C=O) groups excluding carboxylic acids is 1. The number of hydrogen-bond donors (Lipinski definition) is 1. The lowest BCUT2D eigenvalue weighted by molar-refractivity contribution is -0.385. The summed E-state index contributed by atoms with van der Waals surface area (Å²) in [6.45, 7) is 0. The molecular weight excluding hydrogens is 234 g/mol. The zero-order valence-electron chi connectivity index (χ0n) is 9.24. The molecule has 1 N–H and O–H groups in total. The highest BCUT2D eigenvalue weighted by Gasteiger charge is 2.15. The Morgan fingerprint density at radius 1 is 1.17 bits per heavy atom. The first kappa shape index (κ1) is 11.8. The van der Waals surface area contributed by atoms with Gasteiger partial charge in [-0.1, -0.05) is 30.3 Å². The first-order valence-corrected chi connectivity index (χ1v) is 5.15. The van der Waals surface area contributed by atoms with Crippen LogP contribution in [0.2, 0.25) is 0 Å². The van der Waals surface area contributed by atoms with Crippen LogP contribution in [0.25, 0.3) is 11.1 Å². The van der Waals surface area contributed by atoms with E-state index in [0.717, 1.165) is 0 Å². The second-order valence-corrected chi connectivity index (χ2v) is 3.67. The van der Waals surface area contributed by atoms with Gasteiger partial charge in [-0.3, -0.25) is 14.9 Å². The van der Waals surface area contributed by atoms with Gasteiger partial charge in [-0.2, -0.15) is 0 Å². The summed E-state index contributed by atoms with van der Waals surface area (Å²) >= 11 is 0. The molecule has 2 aromatic rings. The molecule has 0 unspecified atom stereocenters. The number of hydrogen-bond acceptors (Lipinski definition) is 4. The zero-order chi connectivity index (χ0) is 13.1. The minimum Gasteiger partial charge on any atom is -0.502 e. The molecule has 0 saturated carbocycles. The van der Waals surface area contributed by atoms with Crippen molar-refractivity contribution in [2.24, 2.45) is 0 Å². The molecule has 0 atom stereocenters. The first-order valence-electron chi connectivity index (χ1n) is 5.15. The molecule has 0 radical (unpaired) electrons. The van der Waals surface area contributed by atoms with E-state index in [0.29, 0.717) is 23.0 Å². The van der Waals surface area contributed by atoms with Crippen LogP contribution in [0.3, 0.4) is 0 Å². The largest absolute Gasteiger partial charge is 0.502 e. The average molecular weight is 243 g/mol. The van der Waals surface area contributed by atoms with Crippen LogP contribution in [-0.4, -0.2) is 16.3 Å². The van der Waals surface area contributed by atoms with Crippen LogP contribution in [0.15, 0.2) is 42.5 Å². The smallest absolute Gasteiger partial charge is 0.311 e. The zero-order valence-corrected chi connectivity index (χ0v) is 9.24. The van der Waals surface area contributed by atoms with Crippen molar-refractivity contribution in [2.45, 2.75) is 0 Å². The van der Waals surface area contributed by atoms with Crippen LogP contribution >= 0.6 is 0 Å². The maximum absolute atomic E-state index is 10.9. The van der Waals surface area contributed by atoms with Gasteiger partial charge in [-0.25, -0.2) is 0 Å². The second kappa shape index (κ2) is 4.67. The van der Waals surface area contributed by atoms with Gasteiger partial charge in [-0.05, 0) is 17.2 Å². The molecule has 0 spiro atoms. The van der Waals surface area contributed by atoms with Crippen LogP contribution in [-0.2, 0) is 0 Å². The predicted molar refractivity (Wildman–Crippen MR) is 65.6 cm³/mol. The normalized spacial score (nSPS) is 10.0. The summed E-state index contributed by atoms with van der Waals surface area (Å²) in [7, 11) is 0. The molecule has 5 nitrogen and oxygen atoms in total. The minimum absolute atomic E-state index is 0.381. The van der Waals surface area contributed by atoms with Gasteiger partial charge in [-0.15, -0.1) is 0 Å². The van der Waals surface area contributed by atoms with E-state index >= 15 is 0 Å².